The van der Waals surface area contributed by atoms with Gasteiger partial charge in [0.2, 0.25) is 11.8 Å². The average molecular weight is 643 g/mol. The molecule has 1 aliphatic rings. The van der Waals surface area contributed by atoms with Gasteiger partial charge in [0.15, 0.2) is 0 Å². The van der Waals surface area contributed by atoms with Crippen LogP contribution in [0.4, 0.5) is 0 Å². The molecule has 2 heterocycles. The maximum atomic E-state index is 14.2. The predicted molar refractivity (Wildman–Crippen MR) is 161 cm³/mol. The van der Waals surface area contributed by atoms with Gasteiger partial charge < -0.3 is 25.4 Å². The highest BCUT2D eigenvalue weighted by Crippen LogP contribution is 2.54. The van der Waals surface area contributed by atoms with E-state index in [4.69, 9.17) is 11.6 Å². The number of likely N-dealkylation sites (tertiary alicyclic amines) is 1. The van der Waals surface area contributed by atoms with Crippen molar-refractivity contribution in [2.45, 2.75) is 41.7 Å². The van der Waals surface area contributed by atoms with Crippen LogP contribution < -0.4 is 5.32 Å². The lowest BCUT2D eigenvalue weighted by molar-refractivity contribution is -0.129. The van der Waals surface area contributed by atoms with Crippen molar-refractivity contribution in [1.82, 2.24) is 15.2 Å². The molecular formula is C30H29BrClN3O4S. The number of nitrogens with one attached hydrogen (secondary N) is 2. The van der Waals surface area contributed by atoms with Gasteiger partial charge in [-0.15, -0.1) is 11.8 Å². The molecule has 5 rings (SSSR count). The van der Waals surface area contributed by atoms with Crippen LogP contribution in [-0.4, -0.2) is 55.9 Å². The van der Waals surface area contributed by atoms with Gasteiger partial charge in [-0.2, -0.15) is 0 Å². The number of aliphatic hydroxyl groups excluding tert-OH is 2. The quantitative estimate of drug-likeness (QED) is 0.197. The normalized spacial score (nSPS) is 19.8. The van der Waals surface area contributed by atoms with Crippen LogP contribution in [0.15, 0.2) is 82.3 Å². The molecule has 1 aliphatic heterocycles. The van der Waals surface area contributed by atoms with Crippen molar-refractivity contribution >= 4 is 62.0 Å². The molecule has 10 heteroatoms. The fourth-order valence-electron chi connectivity index (χ4n) is 5.13. The second-order valence-corrected chi connectivity index (χ2v) is 12.8. The first-order chi connectivity index (χ1) is 19.2. The molecule has 4 aromatic rings. The summed E-state index contributed by atoms with van der Waals surface area (Å²) in [7, 11) is 0. The molecular weight excluding hydrogens is 614 g/mol. The molecule has 208 valence electrons. The van der Waals surface area contributed by atoms with Crippen LogP contribution in [0, 0.1) is 6.92 Å². The van der Waals surface area contributed by atoms with Crippen molar-refractivity contribution in [3.63, 3.8) is 0 Å². The fraction of sp³-hybridized carbons (Fsp3) is 0.267. The molecule has 0 radical (unpaired) electrons. The Kier molecular flexibility index (Phi) is 8.58. The number of hydrogen-bond donors (Lipinski definition) is 4. The number of carbonyl (C=O) groups excluding carboxylic acids is 2. The van der Waals surface area contributed by atoms with E-state index < -0.39 is 23.5 Å². The lowest BCUT2D eigenvalue weighted by Gasteiger charge is -2.36. The van der Waals surface area contributed by atoms with Crippen molar-refractivity contribution < 1.29 is 19.8 Å². The minimum atomic E-state index is -1.27. The number of halogens is 2. The fourth-order valence-corrected chi connectivity index (χ4v) is 6.99. The number of aromatic nitrogens is 1. The molecule has 3 aromatic carbocycles. The summed E-state index contributed by atoms with van der Waals surface area (Å²) in [6.45, 7) is 1.67. The Balaban J connectivity index is 1.66. The standard InChI is InChI=1S/C30H29BrClN3O4S/c1-18-2-9-23(10-3-18)40-30(29(39)34-14-22(37)17-36)13-27(38)35(16-19-4-6-20(31)7-5-19)28(30)25-15-33-26-12-21(32)8-11-24(25)26/h2-12,15,22,28,33,36-37H,13-14,16-17H2,1H3,(H,34,39)/t22?,28-,30?/m0/s1. The van der Waals surface area contributed by atoms with E-state index in [-0.39, 0.29) is 24.8 Å². The minimum absolute atomic E-state index is 0.0476. The maximum Gasteiger partial charge on any atom is 0.239 e. The van der Waals surface area contributed by atoms with Gasteiger partial charge in [0.25, 0.3) is 0 Å². The number of benzene rings is 3. The summed E-state index contributed by atoms with van der Waals surface area (Å²) in [4.78, 5) is 34.0. The largest absolute Gasteiger partial charge is 0.394 e. The molecule has 1 fully saturated rings. The summed E-state index contributed by atoms with van der Waals surface area (Å²) < 4.78 is -0.341. The lowest BCUT2D eigenvalue weighted by Crippen LogP contribution is -2.50. The molecule has 0 aliphatic carbocycles. The summed E-state index contributed by atoms with van der Waals surface area (Å²) in [5, 5.41) is 23.6. The Morgan fingerprint density at radius 2 is 1.93 bits per heavy atom. The summed E-state index contributed by atoms with van der Waals surface area (Å²) in [5.74, 6) is -0.542. The van der Waals surface area contributed by atoms with E-state index in [1.807, 2.05) is 73.8 Å². The third-order valence-electron chi connectivity index (χ3n) is 7.14. The number of nitrogens with zero attached hydrogens (tertiary/aromatic N) is 1. The van der Waals surface area contributed by atoms with Gasteiger partial charge in [-0.3, -0.25) is 9.59 Å². The van der Waals surface area contributed by atoms with Crippen molar-refractivity contribution in [2.75, 3.05) is 13.2 Å². The number of hydrogen-bond acceptors (Lipinski definition) is 5. The SMILES string of the molecule is Cc1ccc(SC2(C(=O)NCC(O)CO)CC(=O)N(Cc3ccc(Br)cc3)[C@H]2c2c[nH]c3cc(Cl)ccc23)cc1. The highest BCUT2D eigenvalue weighted by Gasteiger charge is 2.58. The number of aryl methyl sites for hydroxylation is 1. The van der Waals surface area contributed by atoms with E-state index >= 15 is 0 Å². The van der Waals surface area contributed by atoms with Gasteiger partial charge in [-0.1, -0.05) is 63.4 Å². The van der Waals surface area contributed by atoms with E-state index in [1.54, 1.807) is 11.0 Å². The highest BCUT2D eigenvalue weighted by molar-refractivity contribution is 9.10. The number of fused-ring (bicyclic) bond motifs is 1. The van der Waals surface area contributed by atoms with Gasteiger partial charge in [0.1, 0.15) is 4.75 Å². The summed E-state index contributed by atoms with van der Waals surface area (Å²) in [6.07, 6.45) is 0.683. The molecule has 4 N–H and O–H groups in total. The van der Waals surface area contributed by atoms with Crippen molar-refractivity contribution in [2.24, 2.45) is 0 Å². The molecule has 1 saturated heterocycles. The minimum Gasteiger partial charge on any atom is -0.394 e. The Bertz CT molecular complexity index is 1530. The highest BCUT2D eigenvalue weighted by atomic mass is 79.9. The number of aromatic amines is 1. The molecule has 7 nitrogen and oxygen atoms in total. The van der Waals surface area contributed by atoms with Gasteiger partial charge >= 0.3 is 0 Å². The summed E-state index contributed by atoms with van der Waals surface area (Å²) in [5.41, 5.74) is 3.61. The van der Waals surface area contributed by atoms with Crippen LogP contribution in [0.5, 0.6) is 0 Å². The molecule has 3 atom stereocenters. The molecule has 40 heavy (non-hydrogen) atoms. The van der Waals surface area contributed by atoms with E-state index in [0.717, 1.165) is 37.0 Å². The van der Waals surface area contributed by atoms with Crippen LogP contribution >= 0.6 is 39.3 Å². The average Bonchev–Trinajstić information content (AvgIpc) is 3.47. The lowest BCUT2D eigenvalue weighted by atomic mass is 9.91. The van der Waals surface area contributed by atoms with E-state index in [0.29, 0.717) is 11.6 Å². The van der Waals surface area contributed by atoms with Crippen LogP contribution in [0.25, 0.3) is 10.9 Å². The first-order valence-corrected chi connectivity index (χ1v) is 14.8. The maximum absolute atomic E-state index is 14.2. The van der Waals surface area contributed by atoms with Crippen LogP contribution in [0.2, 0.25) is 5.02 Å². The molecule has 0 saturated carbocycles. The van der Waals surface area contributed by atoms with Crippen LogP contribution in [0.3, 0.4) is 0 Å². The number of aliphatic hydroxyl groups is 2. The van der Waals surface area contributed by atoms with Gasteiger partial charge in [0.05, 0.1) is 25.2 Å². The van der Waals surface area contributed by atoms with Gasteiger partial charge in [0, 0.05) is 50.1 Å². The zero-order chi connectivity index (χ0) is 28.4. The summed E-state index contributed by atoms with van der Waals surface area (Å²) in [6, 6.07) is 20.5. The Labute approximate surface area is 250 Å². The Morgan fingerprint density at radius 3 is 2.62 bits per heavy atom. The molecule has 0 spiro atoms. The predicted octanol–water partition coefficient (Wildman–Crippen LogP) is 5.37. The molecule has 2 amide bonds. The van der Waals surface area contributed by atoms with E-state index in [1.165, 1.54) is 11.8 Å². The zero-order valence-corrected chi connectivity index (χ0v) is 24.9. The third kappa shape index (κ3) is 5.80. The molecule has 0 bridgehead atoms. The first-order valence-electron chi connectivity index (χ1n) is 12.8. The third-order valence-corrected chi connectivity index (χ3v) is 9.33. The zero-order valence-electron chi connectivity index (χ0n) is 21.7. The number of thioether (sulfide) groups is 1. The number of carbonyl (C=O) groups is 2. The Morgan fingerprint density at radius 1 is 1.20 bits per heavy atom. The van der Waals surface area contributed by atoms with Crippen LogP contribution in [-0.2, 0) is 16.1 Å². The smallest absolute Gasteiger partial charge is 0.239 e. The monoisotopic (exact) mass is 641 g/mol. The second-order valence-electron chi connectivity index (χ2n) is 10.0. The topological polar surface area (TPSA) is 106 Å². The van der Waals surface area contributed by atoms with Crippen molar-refractivity contribution in [1.29, 1.82) is 0 Å². The van der Waals surface area contributed by atoms with Crippen LogP contribution in [0.1, 0.15) is 29.2 Å². The first kappa shape index (κ1) is 28.7. The summed E-state index contributed by atoms with van der Waals surface area (Å²) >= 11 is 11.1. The van der Waals surface area contributed by atoms with E-state index in [9.17, 15) is 19.8 Å². The van der Waals surface area contributed by atoms with Crippen molar-refractivity contribution in [3.05, 3.63) is 99.1 Å². The van der Waals surface area contributed by atoms with Gasteiger partial charge in [-0.25, -0.2) is 0 Å². The van der Waals surface area contributed by atoms with E-state index in [2.05, 4.69) is 26.2 Å². The molecule has 2 unspecified atom stereocenters. The van der Waals surface area contributed by atoms with Crippen molar-refractivity contribution in [3.8, 4) is 0 Å². The number of rotatable bonds is 9. The Hall–Kier alpha value is -2.82. The molecule has 1 aromatic heterocycles. The number of amides is 2. The second kappa shape index (κ2) is 12.0. The number of H-pyrrole nitrogens is 1. The van der Waals surface area contributed by atoms with Gasteiger partial charge in [-0.05, 0) is 48.9 Å².